The van der Waals surface area contributed by atoms with E-state index in [1.165, 1.54) is 0 Å². The van der Waals surface area contributed by atoms with Crippen molar-refractivity contribution in [3.8, 4) is 5.75 Å². The Balaban J connectivity index is 1.40. The van der Waals surface area contributed by atoms with Crippen molar-refractivity contribution in [1.82, 2.24) is 10.2 Å². The maximum absolute atomic E-state index is 13.0. The molecule has 1 atom stereocenters. The molecule has 0 aliphatic carbocycles. The molecule has 0 bridgehead atoms. The van der Waals surface area contributed by atoms with Gasteiger partial charge in [0.05, 0.1) is 5.88 Å². The molecule has 2 amide bonds. The number of thioether (sulfide) groups is 1. The second-order valence-corrected chi connectivity index (χ2v) is 9.59. The van der Waals surface area contributed by atoms with Crippen molar-refractivity contribution in [1.29, 1.82) is 0 Å². The molecular formula is C24H26N2O4S. The summed E-state index contributed by atoms with van der Waals surface area (Å²) in [5, 5.41) is 5.20. The third-order valence-electron chi connectivity index (χ3n) is 4.92. The van der Waals surface area contributed by atoms with Gasteiger partial charge < -0.3 is 19.4 Å². The third-order valence-corrected chi connectivity index (χ3v) is 5.93. The SMILES string of the molecule is CC(C)(C)NC(=O)C1CSCN1C(=O)c1ccc(COc2ccc3ccccc3c2)o1. The summed E-state index contributed by atoms with van der Waals surface area (Å²) in [5.74, 6) is 2.12. The van der Waals surface area contributed by atoms with Crippen molar-refractivity contribution in [2.75, 3.05) is 11.6 Å². The zero-order valence-electron chi connectivity index (χ0n) is 17.9. The minimum Gasteiger partial charge on any atom is -0.486 e. The molecule has 31 heavy (non-hydrogen) atoms. The molecule has 1 unspecified atom stereocenters. The van der Waals surface area contributed by atoms with E-state index in [1.807, 2.05) is 57.2 Å². The highest BCUT2D eigenvalue weighted by Crippen LogP contribution is 2.25. The number of amides is 2. The number of hydrogen-bond acceptors (Lipinski definition) is 5. The lowest BCUT2D eigenvalue weighted by atomic mass is 10.1. The first kappa shape index (κ1) is 21.3. The van der Waals surface area contributed by atoms with Gasteiger partial charge in [-0.1, -0.05) is 30.3 Å². The first-order valence-corrected chi connectivity index (χ1v) is 11.4. The zero-order chi connectivity index (χ0) is 22.0. The monoisotopic (exact) mass is 438 g/mol. The van der Waals surface area contributed by atoms with Crippen LogP contribution in [0, 0.1) is 0 Å². The maximum atomic E-state index is 13.0. The van der Waals surface area contributed by atoms with Gasteiger partial charge >= 0.3 is 0 Å². The second-order valence-electron chi connectivity index (χ2n) is 8.59. The van der Waals surface area contributed by atoms with E-state index in [0.717, 1.165) is 16.5 Å². The Kier molecular flexibility index (Phi) is 5.96. The first-order chi connectivity index (χ1) is 14.8. The van der Waals surface area contributed by atoms with Crippen LogP contribution in [0.2, 0.25) is 0 Å². The second kappa shape index (κ2) is 8.67. The highest BCUT2D eigenvalue weighted by molar-refractivity contribution is 7.99. The van der Waals surface area contributed by atoms with Gasteiger partial charge in [0.2, 0.25) is 5.91 Å². The fourth-order valence-corrected chi connectivity index (χ4v) is 4.59. The summed E-state index contributed by atoms with van der Waals surface area (Å²) in [6.07, 6.45) is 0. The highest BCUT2D eigenvalue weighted by Gasteiger charge is 2.37. The van der Waals surface area contributed by atoms with Gasteiger partial charge in [0, 0.05) is 11.3 Å². The molecule has 3 aromatic rings. The molecular weight excluding hydrogens is 412 g/mol. The lowest BCUT2D eigenvalue weighted by Crippen LogP contribution is -2.52. The van der Waals surface area contributed by atoms with E-state index in [-0.39, 0.29) is 29.7 Å². The van der Waals surface area contributed by atoms with Gasteiger partial charge in [-0.25, -0.2) is 0 Å². The Morgan fingerprint density at radius 1 is 1.13 bits per heavy atom. The van der Waals surface area contributed by atoms with Gasteiger partial charge in [-0.2, -0.15) is 0 Å². The number of benzene rings is 2. The summed E-state index contributed by atoms with van der Waals surface area (Å²) in [6.45, 7) is 5.99. The van der Waals surface area contributed by atoms with Gasteiger partial charge in [0.1, 0.15) is 24.2 Å². The summed E-state index contributed by atoms with van der Waals surface area (Å²) < 4.78 is 11.6. The van der Waals surface area contributed by atoms with E-state index in [4.69, 9.17) is 9.15 Å². The molecule has 2 aromatic carbocycles. The molecule has 1 fully saturated rings. The van der Waals surface area contributed by atoms with Crippen LogP contribution in [0.15, 0.2) is 59.0 Å². The van der Waals surface area contributed by atoms with Gasteiger partial charge in [-0.15, -0.1) is 11.8 Å². The van der Waals surface area contributed by atoms with Gasteiger partial charge in [-0.05, 0) is 55.8 Å². The van der Waals surface area contributed by atoms with Crippen LogP contribution in [-0.4, -0.2) is 39.9 Å². The molecule has 1 N–H and O–H groups in total. The van der Waals surface area contributed by atoms with Gasteiger partial charge in [-0.3, -0.25) is 9.59 Å². The normalized spacial score (nSPS) is 16.5. The number of hydrogen-bond donors (Lipinski definition) is 1. The van der Waals surface area contributed by atoms with Gasteiger partial charge in [0.25, 0.3) is 5.91 Å². The first-order valence-electron chi connectivity index (χ1n) is 10.2. The molecule has 1 aliphatic heterocycles. The number of nitrogens with one attached hydrogen (secondary N) is 1. The van der Waals surface area contributed by atoms with Crippen LogP contribution in [0.5, 0.6) is 5.75 Å². The quantitative estimate of drug-likeness (QED) is 0.638. The van der Waals surface area contributed by atoms with E-state index in [2.05, 4.69) is 11.4 Å². The lowest BCUT2D eigenvalue weighted by Gasteiger charge is -2.27. The Labute approximate surface area is 185 Å². The average molecular weight is 439 g/mol. The zero-order valence-corrected chi connectivity index (χ0v) is 18.7. The number of furan rings is 1. The standard InChI is InChI=1S/C24H26N2O4S/c1-24(2,3)25-22(27)20-14-31-15-26(20)23(28)21-11-10-19(30-21)13-29-18-9-8-16-6-4-5-7-17(16)12-18/h4-12,20H,13-15H2,1-3H3,(H,25,27). The number of carbonyl (C=O) groups excluding carboxylic acids is 2. The molecule has 162 valence electrons. The van der Waals surface area contributed by atoms with Crippen molar-refractivity contribution in [3.63, 3.8) is 0 Å². The average Bonchev–Trinajstić information content (AvgIpc) is 3.40. The van der Waals surface area contributed by atoms with E-state index in [0.29, 0.717) is 17.4 Å². The van der Waals surface area contributed by atoms with Crippen LogP contribution in [0.1, 0.15) is 37.1 Å². The van der Waals surface area contributed by atoms with Crippen LogP contribution >= 0.6 is 11.8 Å². The van der Waals surface area contributed by atoms with Crippen LogP contribution in [0.3, 0.4) is 0 Å². The Morgan fingerprint density at radius 3 is 2.68 bits per heavy atom. The highest BCUT2D eigenvalue weighted by atomic mass is 32.2. The van der Waals surface area contributed by atoms with Crippen molar-refractivity contribution in [3.05, 3.63) is 66.1 Å². The minimum absolute atomic E-state index is 0.141. The van der Waals surface area contributed by atoms with Gasteiger partial charge in [0.15, 0.2) is 5.76 Å². The van der Waals surface area contributed by atoms with Crippen LogP contribution < -0.4 is 10.1 Å². The molecule has 6 nitrogen and oxygen atoms in total. The van der Waals surface area contributed by atoms with E-state index >= 15 is 0 Å². The van der Waals surface area contributed by atoms with Crippen molar-refractivity contribution < 1.29 is 18.7 Å². The minimum atomic E-state index is -0.501. The van der Waals surface area contributed by atoms with Crippen molar-refractivity contribution >= 4 is 34.3 Å². The molecule has 7 heteroatoms. The molecule has 1 aromatic heterocycles. The third kappa shape index (κ3) is 5.05. The summed E-state index contributed by atoms with van der Waals surface area (Å²) in [4.78, 5) is 27.1. The fraction of sp³-hybridized carbons (Fsp3) is 0.333. The largest absolute Gasteiger partial charge is 0.486 e. The van der Waals surface area contributed by atoms with Crippen LogP contribution in [0.4, 0.5) is 0 Å². The molecule has 2 heterocycles. The summed E-state index contributed by atoms with van der Waals surface area (Å²) in [5.41, 5.74) is -0.350. The molecule has 4 rings (SSSR count). The Morgan fingerprint density at radius 2 is 1.90 bits per heavy atom. The van der Waals surface area contributed by atoms with E-state index < -0.39 is 6.04 Å². The lowest BCUT2D eigenvalue weighted by molar-refractivity contribution is -0.125. The summed E-state index contributed by atoms with van der Waals surface area (Å²) >= 11 is 1.56. The molecule has 1 saturated heterocycles. The number of fused-ring (bicyclic) bond motifs is 1. The van der Waals surface area contributed by atoms with Crippen molar-refractivity contribution in [2.24, 2.45) is 0 Å². The maximum Gasteiger partial charge on any atom is 0.290 e. The van der Waals surface area contributed by atoms with Crippen LogP contribution in [-0.2, 0) is 11.4 Å². The predicted molar refractivity (Wildman–Crippen MR) is 122 cm³/mol. The number of ether oxygens (including phenoxy) is 1. The topological polar surface area (TPSA) is 71.8 Å². The molecule has 0 saturated carbocycles. The smallest absolute Gasteiger partial charge is 0.290 e. The Bertz CT molecular complexity index is 1100. The van der Waals surface area contributed by atoms with E-state index in [9.17, 15) is 9.59 Å². The van der Waals surface area contributed by atoms with Crippen LogP contribution in [0.25, 0.3) is 10.8 Å². The van der Waals surface area contributed by atoms with E-state index in [1.54, 1.807) is 28.8 Å². The van der Waals surface area contributed by atoms with Crippen molar-refractivity contribution in [2.45, 2.75) is 39.0 Å². The molecule has 0 radical (unpaired) electrons. The number of rotatable bonds is 5. The molecule has 0 spiro atoms. The summed E-state index contributed by atoms with van der Waals surface area (Å²) in [6, 6.07) is 16.9. The predicted octanol–water partition coefficient (Wildman–Crippen LogP) is 4.44. The Hall–Kier alpha value is -2.93. The molecule has 1 aliphatic rings. The summed E-state index contributed by atoms with van der Waals surface area (Å²) in [7, 11) is 0. The fourth-order valence-electron chi connectivity index (χ4n) is 3.44. The number of carbonyl (C=O) groups is 2. The number of nitrogens with zero attached hydrogens (tertiary/aromatic N) is 1.